The van der Waals surface area contributed by atoms with Crippen molar-refractivity contribution in [2.75, 3.05) is 5.32 Å². The average molecular weight is 201 g/mol. The van der Waals surface area contributed by atoms with Crippen LogP contribution in [0.5, 0.6) is 0 Å². The fourth-order valence-electron chi connectivity index (χ4n) is 1.62. The molecule has 0 aromatic carbocycles. The highest BCUT2D eigenvalue weighted by atomic mass is 15.1. The maximum Gasteiger partial charge on any atom is 0.227 e. The van der Waals surface area contributed by atoms with E-state index in [2.05, 4.69) is 33.5 Å². The Kier molecular flexibility index (Phi) is 2.81. The molecular weight excluding hydrogens is 186 g/mol. The van der Waals surface area contributed by atoms with Crippen LogP contribution < -0.4 is 5.32 Å². The predicted molar refractivity (Wildman–Crippen MR) is 61.6 cm³/mol. The van der Waals surface area contributed by atoms with E-state index in [0.29, 0.717) is 5.95 Å². The summed E-state index contributed by atoms with van der Waals surface area (Å²) in [6.07, 6.45) is 8.61. The van der Waals surface area contributed by atoms with E-state index in [0.717, 1.165) is 29.9 Å². The first-order chi connectivity index (χ1) is 7.24. The van der Waals surface area contributed by atoms with Crippen LogP contribution in [-0.4, -0.2) is 9.97 Å². The van der Waals surface area contributed by atoms with E-state index in [1.807, 2.05) is 19.9 Å². The van der Waals surface area contributed by atoms with Crippen LogP contribution in [0.3, 0.4) is 0 Å². The van der Waals surface area contributed by atoms with E-state index in [-0.39, 0.29) is 0 Å². The Hall–Kier alpha value is -1.64. The van der Waals surface area contributed by atoms with Gasteiger partial charge in [-0.1, -0.05) is 12.2 Å². The lowest BCUT2D eigenvalue weighted by molar-refractivity contribution is 1.00. The Bertz CT molecular complexity index is 399. The van der Waals surface area contributed by atoms with E-state index in [9.17, 15) is 0 Å². The van der Waals surface area contributed by atoms with Gasteiger partial charge in [0.25, 0.3) is 0 Å². The molecule has 0 amide bonds. The molecule has 1 N–H and O–H groups in total. The molecular formula is C12H15N3. The second-order valence-electron chi connectivity index (χ2n) is 3.74. The molecule has 1 aliphatic rings. The molecule has 15 heavy (non-hydrogen) atoms. The van der Waals surface area contributed by atoms with Crippen LogP contribution in [0.25, 0.3) is 0 Å². The standard InChI is InChI=1S/C12H15N3/c1-9-8-10(2)14-12(13-9)15-11-6-4-3-5-7-11/h4,6-8H,3,5H2,1-2H3,(H,13,14,15). The van der Waals surface area contributed by atoms with Crippen molar-refractivity contribution in [2.24, 2.45) is 0 Å². The third-order valence-corrected chi connectivity index (χ3v) is 2.23. The van der Waals surface area contributed by atoms with Gasteiger partial charge in [-0.3, -0.25) is 0 Å². The number of hydrogen-bond donors (Lipinski definition) is 1. The van der Waals surface area contributed by atoms with Gasteiger partial charge in [0.05, 0.1) is 0 Å². The third-order valence-electron chi connectivity index (χ3n) is 2.23. The topological polar surface area (TPSA) is 37.8 Å². The van der Waals surface area contributed by atoms with E-state index in [1.165, 1.54) is 0 Å². The summed E-state index contributed by atoms with van der Waals surface area (Å²) in [6.45, 7) is 3.95. The molecule has 0 radical (unpaired) electrons. The van der Waals surface area contributed by atoms with Gasteiger partial charge in [0, 0.05) is 17.1 Å². The molecule has 0 atom stereocenters. The minimum atomic E-state index is 0.685. The van der Waals surface area contributed by atoms with Crippen LogP contribution in [0.4, 0.5) is 5.95 Å². The lowest BCUT2D eigenvalue weighted by atomic mass is 10.1. The molecule has 1 aromatic rings. The van der Waals surface area contributed by atoms with Crippen LogP contribution in [-0.2, 0) is 0 Å². The molecule has 3 heteroatoms. The fourth-order valence-corrected chi connectivity index (χ4v) is 1.62. The molecule has 0 fully saturated rings. The van der Waals surface area contributed by atoms with Crippen LogP contribution in [0.15, 0.2) is 30.0 Å². The highest BCUT2D eigenvalue weighted by Crippen LogP contribution is 2.12. The molecule has 0 saturated heterocycles. The molecule has 0 aliphatic heterocycles. The van der Waals surface area contributed by atoms with E-state index >= 15 is 0 Å². The van der Waals surface area contributed by atoms with Crippen molar-refractivity contribution in [1.29, 1.82) is 0 Å². The number of nitrogens with zero attached hydrogens (tertiary/aromatic N) is 2. The lowest BCUT2D eigenvalue weighted by Gasteiger charge is -2.09. The first kappa shape index (κ1) is 9.90. The van der Waals surface area contributed by atoms with Crippen LogP contribution >= 0.6 is 0 Å². The number of nitrogens with one attached hydrogen (secondary N) is 1. The van der Waals surface area contributed by atoms with Crippen molar-refractivity contribution in [2.45, 2.75) is 26.7 Å². The summed E-state index contributed by atoms with van der Waals surface area (Å²) in [5.41, 5.74) is 3.07. The summed E-state index contributed by atoms with van der Waals surface area (Å²) in [5, 5.41) is 3.21. The quantitative estimate of drug-likeness (QED) is 0.799. The maximum absolute atomic E-state index is 4.33. The SMILES string of the molecule is Cc1cc(C)nc(NC2=CCCC=C2)n1. The number of allylic oxidation sites excluding steroid dienone is 3. The van der Waals surface area contributed by atoms with Gasteiger partial charge >= 0.3 is 0 Å². The number of aromatic nitrogens is 2. The highest BCUT2D eigenvalue weighted by molar-refractivity contribution is 5.41. The summed E-state index contributed by atoms with van der Waals surface area (Å²) >= 11 is 0. The highest BCUT2D eigenvalue weighted by Gasteiger charge is 2.01. The largest absolute Gasteiger partial charge is 0.324 e. The van der Waals surface area contributed by atoms with E-state index in [1.54, 1.807) is 0 Å². The summed E-state index contributed by atoms with van der Waals surface area (Å²) < 4.78 is 0. The maximum atomic E-state index is 4.33. The molecule has 3 nitrogen and oxygen atoms in total. The van der Waals surface area contributed by atoms with Crippen molar-refractivity contribution in [3.05, 3.63) is 41.4 Å². The van der Waals surface area contributed by atoms with Gasteiger partial charge in [-0.2, -0.15) is 0 Å². The second-order valence-corrected chi connectivity index (χ2v) is 3.74. The van der Waals surface area contributed by atoms with E-state index < -0.39 is 0 Å². The summed E-state index contributed by atoms with van der Waals surface area (Å²) in [6, 6.07) is 1.97. The van der Waals surface area contributed by atoms with Gasteiger partial charge in [0.2, 0.25) is 5.95 Å². The van der Waals surface area contributed by atoms with Gasteiger partial charge in [0.1, 0.15) is 0 Å². The third kappa shape index (κ3) is 2.65. The summed E-state index contributed by atoms with van der Waals surface area (Å²) in [7, 11) is 0. The number of aryl methyl sites for hydroxylation is 2. The van der Waals surface area contributed by atoms with Crippen molar-refractivity contribution >= 4 is 5.95 Å². The normalized spacial score (nSPS) is 14.9. The van der Waals surface area contributed by atoms with Gasteiger partial charge < -0.3 is 5.32 Å². The predicted octanol–water partition coefficient (Wildman–Crippen LogP) is 2.74. The van der Waals surface area contributed by atoms with Crippen LogP contribution in [0.2, 0.25) is 0 Å². The Morgan fingerprint density at radius 1 is 1.13 bits per heavy atom. The van der Waals surface area contributed by atoms with Gasteiger partial charge in [-0.15, -0.1) is 0 Å². The van der Waals surface area contributed by atoms with E-state index in [4.69, 9.17) is 0 Å². The zero-order valence-corrected chi connectivity index (χ0v) is 9.12. The molecule has 1 aliphatic carbocycles. The molecule has 1 aromatic heterocycles. The fraction of sp³-hybridized carbons (Fsp3) is 0.333. The molecule has 0 spiro atoms. The van der Waals surface area contributed by atoms with Crippen LogP contribution in [0.1, 0.15) is 24.2 Å². The Morgan fingerprint density at radius 2 is 1.87 bits per heavy atom. The first-order valence-corrected chi connectivity index (χ1v) is 5.20. The molecule has 2 rings (SSSR count). The van der Waals surface area contributed by atoms with Gasteiger partial charge in [-0.05, 0) is 38.8 Å². The molecule has 1 heterocycles. The van der Waals surface area contributed by atoms with Crippen molar-refractivity contribution in [1.82, 2.24) is 9.97 Å². The minimum absolute atomic E-state index is 0.685. The first-order valence-electron chi connectivity index (χ1n) is 5.20. The number of rotatable bonds is 2. The smallest absolute Gasteiger partial charge is 0.227 e. The molecule has 0 bridgehead atoms. The number of anilines is 1. The minimum Gasteiger partial charge on any atom is -0.324 e. The van der Waals surface area contributed by atoms with Crippen LogP contribution in [0, 0.1) is 13.8 Å². The Morgan fingerprint density at radius 3 is 2.47 bits per heavy atom. The molecule has 78 valence electrons. The summed E-state index contributed by atoms with van der Waals surface area (Å²) in [4.78, 5) is 8.66. The van der Waals surface area contributed by atoms with Crippen molar-refractivity contribution < 1.29 is 0 Å². The molecule has 0 saturated carbocycles. The van der Waals surface area contributed by atoms with Gasteiger partial charge in [-0.25, -0.2) is 9.97 Å². The monoisotopic (exact) mass is 201 g/mol. The zero-order chi connectivity index (χ0) is 10.7. The zero-order valence-electron chi connectivity index (χ0n) is 9.12. The molecule has 0 unspecified atom stereocenters. The van der Waals surface area contributed by atoms with Gasteiger partial charge in [0.15, 0.2) is 0 Å². The van der Waals surface area contributed by atoms with Crippen molar-refractivity contribution in [3.8, 4) is 0 Å². The summed E-state index contributed by atoms with van der Waals surface area (Å²) in [5.74, 6) is 0.685. The average Bonchev–Trinajstić information content (AvgIpc) is 2.17. The Labute approximate surface area is 90.0 Å². The van der Waals surface area contributed by atoms with Crippen molar-refractivity contribution in [3.63, 3.8) is 0 Å². The second kappa shape index (κ2) is 4.26. The number of hydrogen-bond acceptors (Lipinski definition) is 3. The Balaban J connectivity index is 2.16. The lowest BCUT2D eigenvalue weighted by Crippen LogP contribution is -2.05.